The van der Waals surface area contributed by atoms with Gasteiger partial charge in [0.25, 0.3) is 0 Å². The van der Waals surface area contributed by atoms with Gasteiger partial charge in [-0.15, -0.1) is 0 Å². The number of aliphatic hydroxyl groups excluding tert-OH is 1. The standard InChI is InChI=1S/C15H21NO3/c1-18-10-4-5-14-12(9-10)15-11(6-8-19-15)13(16-14)3-2-7-17/h4-5,9,11,13,15-17H,2-3,6-8H2,1H3/t11-,13+,15-/m1/s1. The van der Waals surface area contributed by atoms with E-state index in [2.05, 4.69) is 17.4 Å². The van der Waals surface area contributed by atoms with Gasteiger partial charge in [-0.1, -0.05) is 0 Å². The molecule has 1 saturated heterocycles. The van der Waals surface area contributed by atoms with Crippen molar-refractivity contribution in [3.05, 3.63) is 23.8 Å². The SMILES string of the molecule is COc1ccc2c(c1)[C@@H]1OCC[C@@H]1[C@H](CCCO)N2. The quantitative estimate of drug-likeness (QED) is 0.875. The maximum Gasteiger partial charge on any atom is 0.119 e. The first-order chi connectivity index (χ1) is 9.33. The second-order valence-electron chi connectivity index (χ2n) is 5.31. The van der Waals surface area contributed by atoms with E-state index in [1.165, 1.54) is 5.56 Å². The topological polar surface area (TPSA) is 50.7 Å². The van der Waals surface area contributed by atoms with Gasteiger partial charge in [-0.3, -0.25) is 0 Å². The van der Waals surface area contributed by atoms with E-state index in [4.69, 9.17) is 14.6 Å². The molecule has 2 heterocycles. The molecule has 1 fully saturated rings. The number of benzene rings is 1. The third-order valence-electron chi connectivity index (χ3n) is 4.23. The number of hydrogen-bond acceptors (Lipinski definition) is 4. The molecule has 0 spiro atoms. The summed E-state index contributed by atoms with van der Waals surface area (Å²) in [5, 5.41) is 12.6. The Balaban J connectivity index is 1.89. The first kappa shape index (κ1) is 12.8. The van der Waals surface area contributed by atoms with Crippen molar-refractivity contribution in [3.63, 3.8) is 0 Å². The van der Waals surface area contributed by atoms with Gasteiger partial charge >= 0.3 is 0 Å². The van der Waals surface area contributed by atoms with Crippen molar-refractivity contribution in [3.8, 4) is 5.75 Å². The van der Waals surface area contributed by atoms with Crippen molar-refractivity contribution < 1.29 is 14.6 Å². The van der Waals surface area contributed by atoms with Crippen LogP contribution in [0.4, 0.5) is 5.69 Å². The molecule has 4 nitrogen and oxygen atoms in total. The summed E-state index contributed by atoms with van der Waals surface area (Å²) in [5.74, 6) is 1.38. The van der Waals surface area contributed by atoms with Gasteiger partial charge < -0.3 is 19.9 Å². The van der Waals surface area contributed by atoms with E-state index < -0.39 is 0 Å². The van der Waals surface area contributed by atoms with Crippen molar-refractivity contribution in [1.29, 1.82) is 0 Å². The van der Waals surface area contributed by atoms with Gasteiger partial charge in [-0.25, -0.2) is 0 Å². The van der Waals surface area contributed by atoms with Gasteiger partial charge in [0.15, 0.2) is 0 Å². The fourth-order valence-corrected chi connectivity index (χ4v) is 3.28. The van der Waals surface area contributed by atoms with Gasteiger partial charge in [-0.05, 0) is 37.5 Å². The summed E-state index contributed by atoms with van der Waals surface area (Å²) >= 11 is 0. The molecule has 3 rings (SSSR count). The maximum absolute atomic E-state index is 9.03. The molecular weight excluding hydrogens is 242 g/mol. The Morgan fingerprint density at radius 3 is 3.16 bits per heavy atom. The second-order valence-corrected chi connectivity index (χ2v) is 5.31. The van der Waals surface area contributed by atoms with E-state index >= 15 is 0 Å². The van der Waals surface area contributed by atoms with Crippen molar-refractivity contribution in [2.24, 2.45) is 5.92 Å². The Morgan fingerprint density at radius 2 is 2.37 bits per heavy atom. The first-order valence-corrected chi connectivity index (χ1v) is 7.00. The summed E-state index contributed by atoms with van der Waals surface area (Å²) in [6.45, 7) is 1.08. The zero-order valence-electron chi connectivity index (χ0n) is 11.3. The summed E-state index contributed by atoms with van der Waals surface area (Å²) < 4.78 is 11.2. The van der Waals surface area contributed by atoms with E-state index in [0.29, 0.717) is 12.0 Å². The Labute approximate surface area is 113 Å². The maximum atomic E-state index is 9.03. The molecular formula is C15H21NO3. The monoisotopic (exact) mass is 263 g/mol. The van der Waals surface area contributed by atoms with E-state index in [9.17, 15) is 0 Å². The highest BCUT2D eigenvalue weighted by molar-refractivity contribution is 5.58. The van der Waals surface area contributed by atoms with Gasteiger partial charge in [0.05, 0.1) is 13.2 Å². The van der Waals surface area contributed by atoms with E-state index in [-0.39, 0.29) is 12.7 Å². The minimum Gasteiger partial charge on any atom is -0.497 e. The van der Waals surface area contributed by atoms with Crippen LogP contribution in [0.5, 0.6) is 5.75 Å². The van der Waals surface area contributed by atoms with Crippen LogP contribution in [0.1, 0.15) is 30.9 Å². The van der Waals surface area contributed by atoms with Crippen molar-refractivity contribution in [2.75, 3.05) is 25.6 Å². The highest BCUT2D eigenvalue weighted by Crippen LogP contribution is 2.46. The number of nitrogens with one attached hydrogen (secondary N) is 1. The fourth-order valence-electron chi connectivity index (χ4n) is 3.28. The minimum atomic E-state index is 0.176. The molecule has 0 aromatic heterocycles. The number of aliphatic hydroxyl groups is 1. The average Bonchev–Trinajstić information content (AvgIpc) is 2.94. The third kappa shape index (κ3) is 2.30. The summed E-state index contributed by atoms with van der Waals surface area (Å²) in [6, 6.07) is 6.52. The Bertz CT molecular complexity index is 449. The molecule has 0 radical (unpaired) electrons. The molecule has 0 saturated carbocycles. The molecule has 0 aliphatic carbocycles. The predicted octanol–water partition coefficient (Wildman–Crippen LogP) is 2.34. The van der Waals surface area contributed by atoms with Crippen LogP contribution in [0.15, 0.2) is 18.2 Å². The van der Waals surface area contributed by atoms with Gasteiger partial charge in [0.1, 0.15) is 5.75 Å². The average molecular weight is 263 g/mol. The molecule has 19 heavy (non-hydrogen) atoms. The smallest absolute Gasteiger partial charge is 0.119 e. The molecule has 104 valence electrons. The molecule has 1 aromatic carbocycles. The Hall–Kier alpha value is -1.26. The van der Waals surface area contributed by atoms with Crippen LogP contribution >= 0.6 is 0 Å². The van der Waals surface area contributed by atoms with Crippen LogP contribution < -0.4 is 10.1 Å². The fraction of sp³-hybridized carbons (Fsp3) is 0.600. The van der Waals surface area contributed by atoms with E-state index in [0.717, 1.165) is 37.3 Å². The summed E-state index contributed by atoms with van der Waals surface area (Å²) in [5.41, 5.74) is 2.36. The normalized spacial score (nSPS) is 28.4. The Morgan fingerprint density at radius 1 is 1.47 bits per heavy atom. The molecule has 1 aromatic rings. The number of fused-ring (bicyclic) bond motifs is 3. The molecule has 0 bridgehead atoms. The number of rotatable bonds is 4. The summed E-state index contributed by atoms with van der Waals surface area (Å²) in [6.07, 6.45) is 3.10. The summed E-state index contributed by atoms with van der Waals surface area (Å²) in [4.78, 5) is 0. The minimum absolute atomic E-state index is 0.176. The second kappa shape index (κ2) is 5.39. The van der Waals surface area contributed by atoms with Crippen LogP contribution in [0.2, 0.25) is 0 Å². The lowest BCUT2D eigenvalue weighted by Crippen LogP contribution is -2.36. The lowest BCUT2D eigenvalue weighted by Gasteiger charge is -2.36. The largest absolute Gasteiger partial charge is 0.497 e. The molecule has 0 unspecified atom stereocenters. The number of methoxy groups -OCH3 is 1. The van der Waals surface area contributed by atoms with Crippen molar-refractivity contribution in [1.82, 2.24) is 0 Å². The van der Waals surface area contributed by atoms with E-state index in [1.54, 1.807) is 7.11 Å². The van der Waals surface area contributed by atoms with Gasteiger partial charge in [0.2, 0.25) is 0 Å². The molecule has 4 heteroatoms. The molecule has 2 aliphatic rings. The molecule has 3 atom stereocenters. The van der Waals surface area contributed by atoms with Gasteiger partial charge in [-0.2, -0.15) is 0 Å². The molecule has 2 N–H and O–H groups in total. The lowest BCUT2D eigenvalue weighted by atomic mass is 9.82. The van der Waals surface area contributed by atoms with Crippen LogP contribution in [0.25, 0.3) is 0 Å². The van der Waals surface area contributed by atoms with Crippen LogP contribution in [0, 0.1) is 5.92 Å². The Kier molecular flexibility index (Phi) is 3.62. The van der Waals surface area contributed by atoms with Crippen LogP contribution in [-0.4, -0.2) is 31.5 Å². The number of ether oxygens (including phenoxy) is 2. The van der Waals surface area contributed by atoms with Crippen LogP contribution in [0.3, 0.4) is 0 Å². The zero-order valence-corrected chi connectivity index (χ0v) is 11.3. The van der Waals surface area contributed by atoms with Crippen LogP contribution in [-0.2, 0) is 4.74 Å². The molecule has 0 amide bonds. The highest BCUT2D eigenvalue weighted by Gasteiger charge is 2.40. The molecule has 2 aliphatic heterocycles. The highest BCUT2D eigenvalue weighted by atomic mass is 16.5. The van der Waals surface area contributed by atoms with Crippen molar-refractivity contribution in [2.45, 2.75) is 31.4 Å². The van der Waals surface area contributed by atoms with E-state index in [1.807, 2.05) is 6.07 Å². The van der Waals surface area contributed by atoms with Gasteiger partial charge in [0, 0.05) is 36.4 Å². The van der Waals surface area contributed by atoms with Crippen molar-refractivity contribution >= 4 is 5.69 Å². The lowest BCUT2D eigenvalue weighted by molar-refractivity contribution is 0.0811. The summed E-state index contributed by atoms with van der Waals surface area (Å²) in [7, 11) is 1.69. The first-order valence-electron chi connectivity index (χ1n) is 7.00. The number of anilines is 1. The zero-order chi connectivity index (χ0) is 13.2. The third-order valence-corrected chi connectivity index (χ3v) is 4.23. The number of hydrogen-bond donors (Lipinski definition) is 2. The predicted molar refractivity (Wildman–Crippen MR) is 73.5 cm³/mol.